The Morgan fingerprint density at radius 2 is 2.50 bits per heavy atom. The first-order valence-electron chi connectivity index (χ1n) is 3.36. The number of rotatable bonds is 1. The number of hydrogen-bond acceptors (Lipinski definition) is 3. The average Bonchev–Trinajstić information content (AvgIpc) is 1.88. The minimum atomic E-state index is -0.341. The van der Waals surface area contributed by atoms with Gasteiger partial charge in [0.25, 0.3) is 0 Å². The third kappa shape index (κ3) is 1.46. The summed E-state index contributed by atoms with van der Waals surface area (Å²) in [4.78, 5) is 10.6. The van der Waals surface area contributed by atoms with E-state index in [0.717, 1.165) is 0 Å². The maximum absolute atomic E-state index is 10.6. The molecule has 1 rings (SSSR count). The summed E-state index contributed by atoms with van der Waals surface area (Å²) >= 11 is 0. The Balaban J connectivity index is 2.47. The summed E-state index contributed by atoms with van der Waals surface area (Å²) < 4.78 is 5.19. The quantitative estimate of drug-likeness (QED) is 0.488. The molecule has 2 atom stereocenters. The summed E-state index contributed by atoms with van der Waals surface area (Å²) in [5.41, 5.74) is 5.08. The lowest BCUT2D eigenvalue weighted by Gasteiger charge is -2.27. The van der Waals surface area contributed by atoms with E-state index in [1.165, 1.54) is 0 Å². The second-order valence-electron chi connectivity index (χ2n) is 2.41. The van der Waals surface area contributed by atoms with Gasteiger partial charge in [-0.1, -0.05) is 0 Å². The fourth-order valence-electron chi connectivity index (χ4n) is 1.05. The first-order valence-corrected chi connectivity index (χ1v) is 3.36. The van der Waals surface area contributed by atoms with E-state index in [2.05, 4.69) is 5.32 Å². The van der Waals surface area contributed by atoms with Crippen LogP contribution in [0.25, 0.3) is 0 Å². The summed E-state index contributed by atoms with van der Waals surface area (Å²) in [6.45, 7) is 3.20. The Labute approximate surface area is 59.7 Å². The molecule has 0 saturated carbocycles. The standard InChI is InChI=1S/C6H12N2O2/c1-4-5(6(7)9)8-2-3-10-4/h4-5,8H,2-3H2,1H3,(H2,7,9)/t4-,5-/m1/s1. The highest BCUT2D eigenvalue weighted by molar-refractivity contribution is 5.80. The molecule has 0 aromatic carbocycles. The molecule has 1 aliphatic rings. The van der Waals surface area contributed by atoms with Crippen molar-refractivity contribution >= 4 is 5.91 Å². The number of carbonyl (C=O) groups excluding carboxylic acids is 1. The van der Waals surface area contributed by atoms with Crippen LogP contribution in [-0.2, 0) is 9.53 Å². The van der Waals surface area contributed by atoms with Gasteiger partial charge in [0.2, 0.25) is 5.91 Å². The summed E-state index contributed by atoms with van der Waals surface area (Å²) in [6.07, 6.45) is -0.0914. The van der Waals surface area contributed by atoms with Gasteiger partial charge in [0.15, 0.2) is 0 Å². The van der Waals surface area contributed by atoms with E-state index < -0.39 is 0 Å². The van der Waals surface area contributed by atoms with Crippen LogP contribution in [0.1, 0.15) is 6.92 Å². The predicted molar refractivity (Wildman–Crippen MR) is 36.4 cm³/mol. The molecule has 0 aliphatic carbocycles. The van der Waals surface area contributed by atoms with E-state index in [-0.39, 0.29) is 18.1 Å². The van der Waals surface area contributed by atoms with Crippen LogP contribution < -0.4 is 11.1 Å². The second kappa shape index (κ2) is 2.98. The van der Waals surface area contributed by atoms with Crippen molar-refractivity contribution in [3.8, 4) is 0 Å². The maximum atomic E-state index is 10.6. The number of carbonyl (C=O) groups is 1. The molecule has 1 aliphatic heterocycles. The number of hydrogen-bond donors (Lipinski definition) is 2. The van der Waals surface area contributed by atoms with E-state index in [1.807, 2.05) is 6.92 Å². The highest BCUT2D eigenvalue weighted by atomic mass is 16.5. The first-order chi connectivity index (χ1) is 4.72. The molecular weight excluding hydrogens is 132 g/mol. The predicted octanol–water partition coefficient (Wildman–Crippen LogP) is -1.15. The van der Waals surface area contributed by atoms with Crippen molar-refractivity contribution in [1.82, 2.24) is 5.32 Å². The Morgan fingerprint density at radius 3 is 2.90 bits per heavy atom. The fourth-order valence-corrected chi connectivity index (χ4v) is 1.05. The maximum Gasteiger partial charge on any atom is 0.237 e. The van der Waals surface area contributed by atoms with Crippen LogP contribution in [0.2, 0.25) is 0 Å². The molecule has 0 bridgehead atoms. The monoisotopic (exact) mass is 144 g/mol. The van der Waals surface area contributed by atoms with Gasteiger partial charge in [0, 0.05) is 6.54 Å². The van der Waals surface area contributed by atoms with Gasteiger partial charge in [-0.25, -0.2) is 0 Å². The van der Waals surface area contributed by atoms with E-state index in [0.29, 0.717) is 13.2 Å². The number of amides is 1. The normalized spacial score (nSPS) is 33.7. The fraction of sp³-hybridized carbons (Fsp3) is 0.833. The number of nitrogens with one attached hydrogen (secondary N) is 1. The summed E-state index contributed by atoms with van der Waals surface area (Å²) in [7, 11) is 0. The lowest BCUT2D eigenvalue weighted by Crippen LogP contribution is -2.54. The van der Waals surface area contributed by atoms with Gasteiger partial charge >= 0.3 is 0 Å². The number of nitrogens with two attached hydrogens (primary N) is 1. The minimum absolute atomic E-state index is 0.0914. The number of morpholine rings is 1. The minimum Gasteiger partial charge on any atom is -0.375 e. The Bertz CT molecular complexity index is 138. The molecule has 0 spiro atoms. The average molecular weight is 144 g/mol. The van der Waals surface area contributed by atoms with Crippen LogP contribution in [0.4, 0.5) is 0 Å². The van der Waals surface area contributed by atoms with Crippen LogP contribution in [0, 0.1) is 0 Å². The van der Waals surface area contributed by atoms with Crippen molar-refractivity contribution in [3.63, 3.8) is 0 Å². The molecule has 10 heavy (non-hydrogen) atoms. The summed E-state index contributed by atoms with van der Waals surface area (Å²) in [6, 6.07) is -0.311. The molecule has 1 saturated heterocycles. The van der Waals surface area contributed by atoms with E-state index in [4.69, 9.17) is 10.5 Å². The van der Waals surface area contributed by atoms with Crippen molar-refractivity contribution in [1.29, 1.82) is 0 Å². The molecule has 0 radical (unpaired) electrons. The van der Waals surface area contributed by atoms with Crippen molar-refractivity contribution in [2.45, 2.75) is 19.1 Å². The molecule has 1 fully saturated rings. The van der Waals surface area contributed by atoms with Crippen LogP contribution in [0.15, 0.2) is 0 Å². The Morgan fingerprint density at radius 1 is 1.80 bits per heavy atom. The molecule has 1 heterocycles. The molecule has 4 nitrogen and oxygen atoms in total. The zero-order valence-electron chi connectivity index (χ0n) is 5.96. The first kappa shape index (κ1) is 7.50. The molecule has 0 aromatic rings. The zero-order chi connectivity index (χ0) is 7.56. The van der Waals surface area contributed by atoms with Gasteiger partial charge in [-0.3, -0.25) is 4.79 Å². The highest BCUT2D eigenvalue weighted by Gasteiger charge is 2.25. The smallest absolute Gasteiger partial charge is 0.237 e. The van der Waals surface area contributed by atoms with E-state index in [1.54, 1.807) is 0 Å². The SMILES string of the molecule is C[C@H]1OCCN[C@H]1C(N)=O. The second-order valence-corrected chi connectivity index (χ2v) is 2.41. The van der Waals surface area contributed by atoms with Crippen LogP contribution in [0.5, 0.6) is 0 Å². The molecule has 4 heteroatoms. The zero-order valence-corrected chi connectivity index (χ0v) is 5.96. The highest BCUT2D eigenvalue weighted by Crippen LogP contribution is 2.02. The molecule has 1 amide bonds. The Kier molecular flexibility index (Phi) is 2.24. The molecule has 3 N–H and O–H groups in total. The van der Waals surface area contributed by atoms with Crippen LogP contribution >= 0.6 is 0 Å². The lowest BCUT2D eigenvalue weighted by molar-refractivity contribution is -0.125. The molecule has 58 valence electrons. The number of ether oxygens (including phenoxy) is 1. The van der Waals surface area contributed by atoms with Gasteiger partial charge in [-0.15, -0.1) is 0 Å². The third-order valence-corrected chi connectivity index (χ3v) is 1.62. The van der Waals surface area contributed by atoms with Gasteiger partial charge in [-0.2, -0.15) is 0 Å². The molecule has 0 unspecified atom stereocenters. The summed E-state index contributed by atoms with van der Waals surface area (Å²) in [5, 5.41) is 2.97. The molecule has 0 aromatic heterocycles. The Hall–Kier alpha value is -0.610. The van der Waals surface area contributed by atoms with Crippen molar-refractivity contribution in [3.05, 3.63) is 0 Å². The lowest BCUT2D eigenvalue weighted by atomic mass is 10.1. The topological polar surface area (TPSA) is 64.3 Å². The van der Waals surface area contributed by atoms with Gasteiger partial charge in [0.1, 0.15) is 6.04 Å². The van der Waals surface area contributed by atoms with Crippen LogP contribution in [0.3, 0.4) is 0 Å². The van der Waals surface area contributed by atoms with Gasteiger partial charge in [-0.05, 0) is 6.92 Å². The summed E-state index contributed by atoms with van der Waals surface area (Å²) in [5.74, 6) is -0.341. The van der Waals surface area contributed by atoms with E-state index >= 15 is 0 Å². The molecular formula is C6H12N2O2. The van der Waals surface area contributed by atoms with Gasteiger partial charge in [0.05, 0.1) is 12.7 Å². The van der Waals surface area contributed by atoms with Crippen molar-refractivity contribution < 1.29 is 9.53 Å². The van der Waals surface area contributed by atoms with Crippen molar-refractivity contribution in [2.75, 3.05) is 13.2 Å². The van der Waals surface area contributed by atoms with Gasteiger partial charge < -0.3 is 15.8 Å². The third-order valence-electron chi connectivity index (χ3n) is 1.62. The van der Waals surface area contributed by atoms with Crippen LogP contribution in [-0.4, -0.2) is 31.2 Å². The largest absolute Gasteiger partial charge is 0.375 e. The van der Waals surface area contributed by atoms with Crippen molar-refractivity contribution in [2.24, 2.45) is 5.73 Å². The van der Waals surface area contributed by atoms with E-state index in [9.17, 15) is 4.79 Å². The number of primary amides is 1.